The second-order valence-electron chi connectivity index (χ2n) is 5.74. The number of nitrogens with zero attached hydrogens (tertiary/aromatic N) is 2. The smallest absolute Gasteiger partial charge is 0.394 e. The molecule has 0 fully saturated rings. The third kappa shape index (κ3) is 5.44. The molecule has 9 heteroatoms. The Morgan fingerprint density at radius 2 is 1.79 bits per heavy atom. The van der Waals surface area contributed by atoms with Crippen molar-refractivity contribution < 1.29 is 27.4 Å². The largest absolute Gasteiger partial charge is 0.454 e. The number of carbonyl (C=O) groups is 1. The summed E-state index contributed by atoms with van der Waals surface area (Å²) in [6.07, 6.45) is 0.720. The molecule has 0 aliphatic rings. The lowest BCUT2D eigenvalue weighted by Crippen LogP contribution is -2.19. The number of rotatable bonds is 6. The molecule has 0 atom stereocenters. The summed E-state index contributed by atoms with van der Waals surface area (Å²) in [5, 5.41) is 2.48. The molecule has 0 radical (unpaired) electrons. The van der Waals surface area contributed by atoms with Crippen molar-refractivity contribution in [1.82, 2.24) is 9.97 Å². The molecule has 0 bridgehead atoms. The molecule has 0 saturated heterocycles. The van der Waals surface area contributed by atoms with E-state index in [0.29, 0.717) is 6.92 Å². The van der Waals surface area contributed by atoms with Crippen LogP contribution in [0.4, 0.5) is 18.9 Å². The van der Waals surface area contributed by atoms with Crippen LogP contribution < -0.4 is 14.8 Å². The zero-order valence-corrected chi connectivity index (χ0v) is 14.5. The first kappa shape index (κ1) is 19.2. The van der Waals surface area contributed by atoms with Crippen LogP contribution >= 0.6 is 0 Å². The van der Waals surface area contributed by atoms with E-state index in [4.69, 9.17) is 4.74 Å². The molecular formula is C19H14F3N3O3. The van der Waals surface area contributed by atoms with Crippen LogP contribution in [0.25, 0.3) is 0 Å². The number of amides is 1. The van der Waals surface area contributed by atoms with Gasteiger partial charge in [-0.1, -0.05) is 6.07 Å². The molecule has 3 rings (SSSR count). The lowest BCUT2D eigenvalue weighted by Gasteiger charge is -2.14. The number of anilines is 1. The molecule has 1 N–H and O–H groups in total. The average molecular weight is 389 g/mol. The lowest BCUT2D eigenvalue weighted by atomic mass is 10.2. The van der Waals surface area contributed by atoms with E-state index in [2.05, 4.69) is 20.0 Å². The molecule has 0 aliphatic carbocycles. The number of ether oxygens (including phenoxy) is 2. The Morgan fingerprint density at radius 1 is 1.04 bits per heavy atom. The summed E-state index contributed by atoms with van der Waals surface area (Å²) in [6, 6.07) is 8.87. The first-order chi connectivity index (χ1) is 13.3. The molecule has 0 aliphatic heterocycles. The minimum atomic E-state index is -3.38. The van der Waals surface area contributed by atoms with Crippen LogP contribution in [0.1, 0.15) is 17.3 Å². The third-order valence-electron chi connectivity index (χ3n) is 3.30. The Hall–Kier alpha value is -3.62. The number of hydrogen-bond donors (Lipinski definition) is 1. The summed E-state index contributed by atoms with van der Waals surface area (Å²) >= 11 is 0. The maximum absolute atomic E-state index is 13.9. The van der Waals surface area contributed by atoms with Gasteiger partial charge in [-0.3, -0.25) is 4.79 Å². The van der Waals surface area contributed by atoms with E-state index in [1.54, 1.807) is 0 Å². The summed E-state index contributed by atoms with van der Waals surface area (Å²) in [5.74, 6) is -1.05. The Morgan fingerprint density at radius 3 is 2.50 bits per heavy atom. The van der Waals surface area contributed by atoms with Gasteiger partial charge in [-0.2, -0.15) is 8.78 Å². The minimum Gasteiger partial charge on any atom is -0.454 e. The SMILES string of the molecule is CC(F)(F)Oc1cccc(C(=O)Nc2cc(F)cc(Oc3cncnc3)c2)c1. The van der Waals surface area contributed by atoms with Crippen molar-refractivity contribution in [3.05, 3.63) is 72.6 Å². The molecule has 1 amide bonds. The van der Waals surface area contributed by atoms with E-state index in [0.717, 1.165) is 18.2 Å². The van der Waals surface area contributed by atoms with Crippen LogP contribution in [-0.4, -0.2) is 22.0 Å². The number of benzene rings is 2. The topological polar surface area (TPSA) is 73.3 Å². The highest BCUT2D eigenvalue weighted by atomic mass is 19.3. The monoisotopic (exact) mass is 389 g/mol. The predicted octanol–water partition coefficient (Wildman–Crippen LogP) is 4.65. The first-order valence-corrected chi connectivity index (χ1v) is 8.00. The molecule has 1 heterocycles. The van der Waals surface area contributed by atoms with Gasteiger partial charge >= 0.3 is 6.11 Å². The fourth-order valence-electron chi connectivity index (χ4n) is 2.28. The van der Waals surface area contributed by atoms with Crippen LogP contribution in [0.15, 0.2) is 61.2 Å². The standard InChI is InChI=1S/C19H14F3N3O3/c1-19(21,22)28-15-4-2-3-12(5-15)18(26)25-14-6-13(20)7-16(8-14)27-17-9-23-11-24-10-17/h2-11H,1H3,(H,25,26). The van der Waals surface area contributed by atoms with Crippen molar-refractivity contribution in [2.45, 2.75) is 13.0 Å². The number of nitrogens with one attached hydrogen (secondary N) is 1. The van der Waals surface area contributed by atoms with Crippen molar-refractivity contribution in [3.63, 3.8) is 0 Å². The molecular weight excluding hydrogens is 375 g/mol. The van der Waals surface area contributed by atoms with Crippen LogP contribution in [0.5, 0.6) is 17.2 Å². The normalized spacial score (nSPS) is 11.0. The summed E-state index contributed by atoms with van der Waals surface area (Å²) in [5.41, 5.74) is 0.175. The van der Waals surface area contributed by atoms with E-state index in [9.17, 15) is 18.0 Å². The van der Waals surface area contributed by atoms with Gasteiger partial charge in [0.25, 0.3) is 5.91 Å². The van der Waals surface area contributed by atoms with Crippen LogP contribution in [-0.2, 0) is 0 Å². The van der Waals surface area contributed by atoms with Crippen LogP contribution in [0, 0.1) is 5.82 Å². The molecule has 6 nitrogen and oxygen atoms in total. The maximum Gasteiger partial charge on any atom is 0.394 e. The predicted molar refractivity (Wildman–Crippen MR) is 94.2 cm³/mol. The second-order valence-corrected chi connectivity index (χ2v) is 5.74. The van der Waals surface area contributed by atoms with Crippen molar-refractivity contribution in [3.8, 4) is 17.2 Å². The number of hydrogen-bond acceptors (Lipinski definition) is 5. The summed E-state index contributed by atoms with van der Waals surface area (Å²) in [4.78, 5) is 19.9. The van der Waals surface area contributed by atoms with Crippen molar-refractivity contribution >= 4 is 11.6 Å². The van der Waals surface area contributed by atoms with Gasteiger partial charge in [-0.05, 0) is 24.3 Å². The Balaban J connectivity index is 1.76. The lowest BCUT2D eigenvalue weighted by molar-refractivity contribution is -0.158. The van der Waals surface area contributed by atoms with E-state index in [1.165, 1.54) is 43.0 Å². The summed E-state index contributed by atoms with van der Waals surface area (Å²) in [7, 11) is 0. The highest BCUT2D eigenvalue weighted by molar-refractivity contribution is 6.04. The number of carbonyl (C=O) groups excluding carboxylic acids is 1. The summed E-state index contributed by atoms with van der Waals surface area (Å²) < 4.78 is 49.7. The maximum atomic E-state index is 13.9. The van der Waals surface area contributed by atoms with Crippen LogP contribution in [0.2, 0.25) is 0 Å². The number of halogens is 3. The van der Waals surface area contributed by atoms with Gasteiger partial charge in [0.15, 0.2) is 5.75 Å². The van der Waals surface area contributed by atoms with E-state index in [-0.39, 0.29) is 28.5 Å². The average Bonchev–Trinajstić information content (AvgIpc) is 2.61. The molecule has 2 aromatic carbocycles. The van der Waals surface area contributed by atoms with Gasteiger partial charge in [-0.15, -0.1) is 0 Å². The molecule has 0 saturated carbocycles. The number of aromatic nitrogens is 2. The van der Waals surface area contributed by atoms with Gasteiger partial charge in [-0.25, -0.2) is 14.4 Å². The molecule has 1 aromatic heterocycles. The first-order valence-electron chi connectivity index (χ1n) is 8.00. The van der Waals surface area contributed by atoms with Crippen molar-refractivity contribution in [1.29, 1.82) is 0 Å². The highest BCUT2D eigenvalue weighted by Crippen LogP contribution is 2.26. The fourth-order valence-corrected chi connectivity index (χ4v) is 2.28. The van der Waals surface area contributed by atoms with E-state index >= 15 is 0 Å². The van der Waals surface area contributed by atoms with E-state index < -0.39 is 17.8 Å². The van der Waals surface area contributed by atoms with Gasteiger partial charge in [0.05, 0.1) is 12.4 Å². The van der Waals surface area contributed by atoms with Crippen molar-refractivity contribution in [2.24, 2.45) is 0 Å². The fraction of sp³-hybridized carbons (Fsp3) is 0.105. The minimum absolute atomic E-state index is 0.0601. The molecule has 3 aromatic rings. The molecule has 0 spiro atoms. The van der Waals surface area contributed by atoms with E-state index in [1.807, 2.05) is 0 Å². The third-order valence-corrected chi connectivity index (χ3v) is 3.30. The zero-order valence-electron chi connectivity index (χ0n) is 14.5. The Kier molecular flexibility index (Phi) is 5.44. The highest BCUT2D eigenvalue weighted by Gasteiger charge is 2.23. The molecule has 144 valence electrons. The second kappa shape index (κ2) is 7.95. The van der Waals surface area contributed by atoms with Gasteiger partial charge in [0, 0.05) is 30.3 Å². The quantitative estimate of drug-likeness (QED) is 0.664. The molecule has 28 heavy (non-hydrogen) atoms. The summed E-state index contributed by atoms with van der Waals surface area (Å²) in [6.45, 7) is 0.589. The Labute approximate surface area is 158 Å². The zero-order chi connectivity index (χ0) is 20.1. The molecule has 0 unspecified atom stereocenters. The van der Waals surface area contributed by atoms with Gasteiger partial charge in [0.1, 0.15) is 23.6 Å². The van der Waals surface area contributed by atoms with Crippen molar-refractivity contribution in [2.75, 3.05) is 5.32 Å². The van der Waals surface area contributed by atoms with Crippen LogP contribution in [0.3, 0.4) is 0 Å². The number of alkyl halides is 2. The van der Waals surface area contributed by atoms with Gasteiger partial charge in [0.2, 0.25) is 0 Å². The van der Waals surface area contributed by atoms with Gasteiger partial charge < -0.3 is 14.8 Å². The Bertz CT molecular complexity index is 979.